The molecule has 0 saturated carbocycles. The van der Waals surface area contributed by atoms with Crippen LogP contribution in [0, 0.1) is 13.8 Å². The van der Waals surface area contributed by atoms with Crippen LogP contribution in [0.15, 0.2) is 96.7 Å². The summed E-state index contributed by atoms with van der Waals surface area (Å²) in [5, 5.41) is 0. The molecule has 3 nitrogen and oxygen atoms in total. The van der Waals surface area contributed by atoms with Crippen molar-refractivity contribution in [1.82, 2.24) is 0 Å². The number of rotatable bonds is 1. The van der Waals surface area contributed by atoms with Crippen LogP contribution in [-0.4, -0.2) is 6.10 Å². The number of fused-ring (bicyclic) bond motifs is 8. The molecule has 2 unspecified atom stereocenters. The molecular formula is C43H43NO2. The van der Waals surface area contributed by atoms with Crippen molar-refractivity contribution in [1.29, 1.82) is 0 Å². The second-order valence-electron chi connectivity index (χ2n) is 15.2. The van der Waals surface area contributed by atoms with E-state index >= 15 is 0 Å². The van der Waals surface area contributed by atoms with Crippen LogP contribution in [0.3, 0.4) is 0 Å². The minimum atomic E-state index is -0.123. The van der Waals surface area contributed by atoms with Crippen LogP contribution in [0.25, 0.3) is 22.4 Å². The second-order valence-corrected chi connectivity index (χ2v) is 15.2. The molecule has 4 aromatic rings. The van der Waals surface area contributed by atoms with Gasteiger partial charge in [-0.2, -0.15) is 0 Å². The topological polar surface area (TPSA) is 21.7 Å². The van der Waals surface area contributed by atoms with Gasteiger partial charge in [0, 0.05) is 16.5 Å². The van der Waals surface area contributed by atoms with E-state index in [2.05, 4.69) is 139 Å². The maximum Gasteiger partial charge on any atom is 0.310 e. The summed E-state index contributed by atoms with van der Waals surface area (Å²) in [7, 11) is 0. The first-order chi connectivity index (χ1) is 21.8. The van der Waals surface area contributed by atoms with E-state index in [0.29, 0.717) is 5.95 Å². The summed E-state index contributed by atoms with van der Waals surface area (Å²) in [4.78, 5) is 2.50. The summed E-state index contributed by atoms with van der Waals surface area (Å²) >= 11 is 0. The highest BCUT2D eigenvalue weighted by Gasteiger charge is 2.45. The normalized spacial score (nSPS) is 22.1. The molecule has 232 valence electrons. The van der Waals surface area contributed by atoms with Gasteiger partial charge < -0.3 is 14.4 Å². The van der Waals surface area contributed by atoms with Crippen molar-refractivity contribution in [2.45, 2.75) is 85.3 Å². The Labute approximate surface area is 273 Å². The van der Waals surface area contributed by atoms with E-state index in [1.807, 2.05) is 13.0 Å². The van der Waals surface area contributed by atoms with Gasteiger partial charge in [0.05, 0.1) is 11.7 Å². The van der Waals surface area contributed by atoms with Gasteiger partial charge >= 0.3 is 5.95 Å². The minimum Gasteiger partial charge on any atom is -0.456 e. The number of aryl methyl sites for hydroxylation is 2. The highest BCUT2D eigenvalue weighted by atomic mass is 16.7. The average Bonchev–Trinajstić information content (AvgIpc) is 3.44. The molecule has 4 aromatic carbocycles. The Balaban J connectivity index is 1.46. The van der Waals surface area contributed by atoms with Crippen molar-refractivity contribution in [3.8, 4) is 11.1 Å². The van der Waals surface area contributed by atoms with Crippen LogP contribution in [0.5, 0.6) is 0 Å². The summed E-state index contributed by atoms with van der Waals surface area (Å²) in [6.45, 7) is 20.1. The van der Waals surface area contributed by atoms with Crippen molar-refractivity contribution < 1.29 is 9.47 Å². The van der Waals surface area contributed by atoms with Crippen LogP contribution in [-0.2, 0) is 20.3 Å². The van der Waals surface area contributed by atoms with Gasteiger partial charge in [-0.15, -0.1) is 0 Å². The Hall–Kier alpha value is -4.50. The summed E-state index contributed by atoms with van der Waals surface area (Å²) in [5.74, 6) is 1.46. The fourth-order valence-electron chi connectivity index (χ4n) is 8.24. The van der Waals surface area contributed by atoms with Crippen LogP contribution in [0.1, 0.15) is 105 Å². The predicted octanol–water partition coefficient (Wildman–Crippen LogP) is 10.9. The van der Waals surface area contributed by atoms with Crippen LogP contribution in [0.2, 0.25) is 0 Å². The van der Waals surface area contributed by atoms with Gasteiger partial charge in [-0.05, 0) is 107 Å². The smallest absolute Gasteiger partial charge is 0.310 e. The monoisotopic (exact) mass is 605 g/mol. The molecular weight excluding hydrogens is 562 g/mol. The molecule has 0 aromatic heterocycles. The van der Waals surface area contributed by atoms with Gasteiger partial charge in [0.15, 0.2) is 0 Å². The fourth-order valence-corrected chi connectivity index (χ4v) is 8.24. The third-order valence-corrected chi connectivity index (χ3v) is 10.4. The predicted molar refractivity (Wildman–Crippen MR) is 190 cm³/mol. The lowest BCUT2D eigenvalue weighted by Gasteiger charge is -2.36. The van der Waals surface area contributed by atoms with Gasteiger partial charge in [0.25, 0.3) is 0 Å². The molecule has 1 aliphatic carbocycles. The minimum absolute atomic E-state index is 0.00412. The van der Waals surface area contributed by atoms with Crippen LogP contribution in [0.4, 0.5) is 5.69 Å². The molecule has 3 heterocycles. The number of hydrogen-bond donors (Lipinski definition) is 0. The lowest BCUT2D eigenvalue weighted by molar-refractivity contribution is 0.0245. The first-order valence-corrected chi connectivity index (χ1v) is 16.6. The lowest BCUT2D eigenvalue weighted by atomic mass is 9.80. The van der Waals surface area contributed by atoms with Gasteiger partial charge in [-0.25, -0.2) is 0 Å². The Kier molecular flexibility index (Phi) is 6.13. The van der Waals surface area contributed by atoms with E-state index in [0.717, 1.165) is 11.5 Å². The first-order valence-electron chi connectivity index (χ1n) is 16.6. The molecule has 0 radical (unpaired) electrons. The van der Waals surface area contributed by atoms with Crippen LogP contribution < -0.4 is 4.90 Å². The molecule has 0 spiro atoms. The third-order valence-electron chi connectivity index (χ3n) is 10.4. The quantitative estimate of drug-likeness (QED) is 0.215. The second kappa shape index (κ2) is 9.75. The maximum atomic E-state index is 6.51. The fraction of sp³-hybridized carbons (Fsp3) is 0.302. The molecule has 0 fully saturated rings. The van der Waals surface area contributed by atoms with Crippen molar-refractivity contribution in [3.05, 3.63) is 147 Å². The summed E-state index contributed by atoms with van der Waals surface area (Å²) in [6, 6.07) is 27.7. The van der Waals surface area contributed by atoms with E-state index in [4.69, 9.17) is 9.47 Å². The van der Waals surface area contributed by atoms with Crippen LogP contribution >= 0.6 is 0 Å². The standard InChI is InChI=1S/C43H43NO2/c1-24-17-25(2)39-34(18-24)37-22-31(28-13-12-14-29(20-28)42(5,6)7)33-21-32-30-15-10-11-16-35(30)43(8,9)36(32)23-38(33)44(37)40(39)41-45-26(3)19-27(4)46-41/h10-23,26,37H,1-9H3/b41-40+. The zero-order chi connectivity index (χ0) is 32.3. The van der Waals surface area contributed by atoms with E-state index < -0.39 is 0 Å². The molecule has 8 rings (SSSR count). The van der Waals surface area contributed by atoms with Crippen molar-refractivity contribution in [2.75, 3.05) is 4.90 Å². The number of hydrogen-bond acceptors (Lipinski definition) is 3. The molecule has 0 bridgehead atoms. The molecule has 0 saturated heterocycles. The highest BCUT2D eigenvalue weighted by Crippen LogP contribution is 2.58. The Morgan fingerprint density at radius 1 is 0.783 bits per heavy atom. The number of anilines is 1. The Morgan fingerprint density at radius 2 is 1.57 bits per heavy atom. The Bertz CT molecular complexity index is 2070. The van der Waals surface area contributed by atoms with Gasteiger partial charge in [0.1, 0.15) is 17.6 Å². The summed E-state index contributed by atoms with van der Waals surface area (Å²) in [5.41, 5.74) is 17.7. The van der Waals surface area contributed by atoms with Gasteiger partial charge in [0.2, 0.25) is 0 Å². The zero-order valence-corrected chi connectivity index (χ0v) is 28.5. The highest BCUT2D eigenvalue weighted by molar-refractivity contribution is 6.01. The van der Waals surface area contributed by atoms with Crippen molar-refractivity contribution in [3.63, 3.8) is 0 Å². The van der Waals surface area contributed by atoms with E-state index in [1.165, 1.54) is 72.5 Å². The van der Waals surface area contributed by atoms with Crippen molar-refractivity contribution >= 4 is 17.0 Å². The lowest BCUT2D eigenvalue weighted by Crippen LogP contribution is -2.28. The molecule has 0 amide bonds. The number of allylic oxidation sites excluding steroid dienone is 1. The molecule has 3 aliphatic heterocycles. The van der Waals surface area contributed by atoms with E-state index in [9.17, 15) is 0 Å². The van der Waals surface area contributed by atoms with E-state index in [1.54, 1.807) is 0 Å². The zero-order valence-electron chi connectivity index (χ0n) is 28.5. The molecule has 2 atom stereocenters. The molecule has 3 heteroatoms. The summed E-state index contributed by atoms with van der Waals surface area (Å²) < 4.78 is 13.0. The Morgan fingerprint density at radius 3 is 2.33 bits per heavy atom. The average molecular weight is 606 g/mol. The molecule has 4 aliphatic rings. The van der Waals surface area contributed by atoms with Crippen molar-refractivity contribution in [2.24, 2.45) is 0 Å². The summed E-state index contributed by atoms with van der Waals surface area (Å²) in [6.07, 6.45) is 4.45. The SMILES string of the molecule is CC1=CC(C)O/C(=C2/c3c(C)cc(C)cc3C3C=C(c4cccc(C(C)(C)C)c4)c4cc5c(cc4N23)C(C)(C)c2ccccc2-5)O1. The number of benzene rings is 4. The van der Waals surface area contributed by atoms with Gasteiger partial charge in [-0.1, -0.05) is 101 Å². The maximum absolute atomic E-state index is 6.51. The number of ether oxygens (including phenoxy) is 2. The first kappa shape index (κ1) is 28.9. The molecule has 46 heavy (non-hydrogen) atoms. The molecule has 0 N–H and O–H groups in total. The third kappa shape index (κ3) is 4.17. The number of nitrogens with zero attached hydrogens (tertiary/aromatic N) is 1. The van der Waals surface area contributed by atoms with E-state index in [-0.39, 0.29) is 23.0 Å². The van der Waals surface area contributed by atoms with Gasteiger partial charge in [-0.3, -0.25) is 0 Å². The largest absolute Gasteiger partial charge is 0.456 e.